The van der Waals surface area contributed by atoms with Crippen LogP contribution < -0.4 is 0 Å². The molecule has 266 valence electrons. The van der Waals surface area contributed by atoms with E-state index in [9.17, 15) is 0 Å². The Morgan fingerprint density at radius 1 is 0.368 bits per heavy atom. The van der Waals surface area contributed by atoms with Crippen LogP contribution in [0.2, 0.25) is 0 Å². The summed E-state index contributed by atoms with van der Waals surface area (Å²) in [6.07, 6.45) is 0. The fourth-order valence-corrected chi connectivity index (χ4v) is 8.54. The second-order valence-corrected chi connectivity index (χ2v) is 14.5. The van der Waals surface area contributed by atoms with Crippen LogP contribution in [0.15, 0.2) is 197 Å². The van der Waals surface area contributed by atoms with Crippen molar-refractivity contribution < 1.29 is 8.83 Å². The van der Waals surface area contributed by atoms with Gasteiger partial charge in [0, 0.05) is 54.7 Å². The zero-order valence-corrected chi connectivity index (χ0v) is 30.6. The van der Waals surface area contributed by atoms with E-state index in [1.165, 1.54) is 10.9 Å². The van der Waals surface area contributed by atoms with Crippen LogP contribution in [0.1, 0.15) is 0 Å². The molecule has 0 aliphatic heterocycles. The summed E-state index contributed by atoms with van der Waals surface area (Å²) < 4.78 is 15.6. The zero-order chi connectivity index (χ0) is 37.5. The normalized spacial score (nSPS) is 11.9. The Morgan fingerprint density at radius 2 is 1.00 bits per heavy atom. The number of nitrogens with zero attached hydrogens (tertiary/aromatic N) is 3. The quantitative estimate of drug-likeness (QED) is 0.177. The summed E-state index contributed by atoms with van der Waals surface area (Å²) in [4.78, 5) is 10.5. The lowest BCUT2D eigenvalue weighted by molar-refractivity contribution is 0.669. The lowest BCUT2D eigenvalue weighted by Gasteiger charge is -2.11. The summed E-state index contributed by atoms with van der Waals surface area (Å²) in [7, 11) is 0. The molecule has 57 heavy (non-hydrogen) atoms. The predicted molar refractivity (Wildman–Crippen MR) is 233 cm³/mol. The first kappa shape index (κ1) is 31.6. The van der Waals surface area contributed by atoms with Gasteiger partial charge in [-0.05, 0) is 71.8 Å². The van der Waals surface area contributed by atoms with Crippen LogP contribution >= 0.6 is 0 Å². The first-order valence-electron chi connectivity index (χ1n) is 19.1. The Morgan fingerprint density at radius 3 is 1.86 bits per heavy atom. The van der Waals surface area contributed by atoms with Crippen molar-refractivity contribution >= 4 is 65.7 Å². The largest absolute Gasteiger partial charge is 0.456 e. The van der Waals surface area contributed by atoms with Gasteiger partial charge >= 0.3 is 0 Å². The second-order valence-electron chi connectivity index (χ2n) is 14.5. The molecule has 4 aromatic heterocycles. The fraction of sp³-hybridized carbons (Fsp3) is 0. The standard InChI is InChI=1S/C52H31N3O2/c1-3-12-32(13-4-1)33-22-24-34(25-23-33)44-31-45(54-52(53-44)35-26-29-48-43(30-35)38-17-8-10-21-47(38)56-48)42-19-11-18-40-41-28-27-39-37-16-7-9-20-46(37)55(36-14-5-2-6-15-36)49(39)51(41)57-50(40)42/h1-31H. The molecule has 5 heteroatoms. The van der Waals surface area contributed by atoms with E-state index in [2.05, 4.69) is 156 Å². The number of fused-ring (bicyclic) bond motifs is 10. The molecule has 12 aromatic rings. The molecule has 0 saturated heterocycles. The third-order valence-electron chi connectivity index (χ3n) is 11.2. The number of para-hydroxylation sites is 4. The molecule has 0 radical (unpaired) electrons. The van der Waals surface area contributed by atoms with E-state index in [1.54, 1.807) is 0 Å². The maximum absolute atomic E-state index is 7.10. The number of furan rings is 2. The maximum Gasteiger partial charge on any atom is 0.160 e. The van der Waals surface area contributed by atoms with Crippen molar-refractivity contribution in [3.05, 3.63) is 188 Å². The van der Waals surface area contributed by atoms with Gasteiger partial charge in [0.1, 0.15) is 16.7 Å². The van der Waals surface area contributed by atoms with Crippen LogP contribution in [-0.2, 0) is 0 Å². The Balaban J connectivity index is 1.09. The van der Waals surface area contributed by atoms with Crippen molar-refractivity contribution in [2.75, 3.05) is 0 Å². The minimum absolute atomic E-state index is 0.626. The van der Waals surface area contributed by atoms with Crippen LogP contribution in [0.3, 0.4) is 0 Å². The van der Waals surface area contributed by atoms with Gasteiger partial charge in [0.15, 0.2) is 11.4 Å². The van der Waals surface area contributed by atoms with Crippen LogP contribution in [0.5, 0.6) is 0 Å². The van der Waals surface area contributed by atoms with Gasteiger partial charge in [0.25, 0.3) is 0 Å². The summed E-state index contributed by atoms with van der Waals surface area (Å²) in [6.45, 7) is 0. The molecule has 0 unspecified atom stereocenters. The highest BCUT2D eigenvalue weighted by molar-refractivity contribution is 6.22. The molecule has 4 heterocycles. The number of hydrogen-bond donors (Lipinski definition) is 0. The van der Waals surface area contributed by atoms with Gasteiger partial charge in [-0.25, -0.2) is 9.97 Å². The maximum atomic E-state index is 7.10. The van der Waals surface area contributed by atoms with Crippen molar-refractivity contribution in [2.24, 2.45) is 0 Å². The fourth-order valence-electron chi connectivity index (χ4n) is 8.54. The van der Waals surface area contributed by atoms with Crippen molar-refractivity contribution in [3.8, 4) is 50.7 Å². The van der Waals surface area contributed by atoms with E-state index in [0.29, 0.717) is 5.82 Å². The highest BCUT2D eigenvalue weighted by atomic mass is 16.3. The van der Waals surface area contributed by atoms with Crippen molar-refractivity contribution in [2.45, 2.75) is 0 Å². The molecule has 0 saturated carbocycles. The van der Waals surface area contributed by atoms with Crippen molar-refractivity contribution in [1.82, 2.24) is 14.5 Å². The minimum Gasteiger partial charge on any atom is -0.456 e. The van der Waals surface area contributed by atoms with Gasteiger partial charge in [0.05, 0.1) is 22.4 Å². The summed E-state index contributed by atoms with van der Waals surface area (Å²) >= 11 is 0. The Labute approximate surface area is 326 Å². The molecule has 0 bridgehead atoms. The summed E-state index contributed by atoms with van der Waals surface area (Å²) in [6, 6.07) is 65.4. The molecule has 0 fully saturated rings. The minimum atomic E-state index is 0.626. The van der Waals surface area contributed by atoms with Crippen LogP contribution in [0.25, 0.3) is 116 Å². The van der Waals surface area contributed by atoms with Crippen molar-refractivity contribution in [3.63, 3.8) is 0 Å². The summed E-state index contributed by atoms with van der Waals surface area (Å²) in [5.74, 6) is 0.626. The molecular weight excluding hydrogens is 699 g/mol. The average molecular weight is 730 g/mol. The smallest absolute Gasteiger partial charge is 0.160 e. The van der Waals surface area contributed by atoms with Gasteiger partial charge < -0.3 is 13.4 Å². The van der Waals surface area contributed by atoms with Gasteiger partial charge in [-0.1, -0.05) is 127 Å². The van der Waals surface area contributed by atoms with Crippen LogP contribution in [0, 0.1) is 0 Å². The molecule has 8 aromatic carbocycles. The molecule has 0 aliphatic rings. The Hall–Kier alpha value is -7.76. The van der Waals surface area contributed by atoms with E-state index >= 15 is 0 Å². The van der Waals surface area contributed by atoms with Gasteiger partial charge in [-0.15, -0.1) is 0 Å². The van der Waals surface area contributed by atoms with Crippen LogP contribution in [-0.4, -0.2) is 14.5 Å². The molecule has 0 spiro atoms. The molecule has 0 amide bonds. The predicted octanol–water partition coefficient (Wildman–Crippen LogP) is 14.0. The highest BCUT2D eigenvalue weighted by Crippen LogP contribution is 2.43. The Kier molecular flexibility index (Phi) is 6.86. The summed E-state index contributed by atoms with van der Waals surface area (Å²) in [5, 5.41) is 6.52. The molecule has 0 aliphatic carbocycles. The molecule has 0 atom stereocenters. The first-order valence-corrected chi connectivity index (χ1v) is 19.1. The first-order chi connectivity index (χ1) is 28.2. The van der Waals surface area contributed by atoms with Crippen LogP contribution in [0.4, 0.5) is 0 Å². The van der Waals surface area contributed by atoms with Crippen molar-refractivity contribution in [1.29, 1.82) is 0 Å². The van der Waals surface area contributed by atoms with E-state index < -0.39 is 0 Å². The zero-order valence-electron chi connectivity index (χ0n) is 30.6. The molecule has 12 rings (SSSR count). The van der Waals surface area contributed by atoms with E-state index in [4.69, 9.17) is 18.8 Å². The molecule has 0 N–H and O–H groups in total. The van der Waals surface area contributed by atoms with E-state index in [-0.39, 0.29) is 0 Å². The number of rotatable bonds is 5. The monoisotopic (exact) mass is 729 g/mol. The van der Waals surface area contributed by atoms with E-state index in [0.717, 1.165) is 99.6 Å². The third kappa shape index (κ3) is 4.96. The lowest BCUT2D eigenvalue weighted by atomic mass is 10.0. The third-order valence-corrected chi connectivity index (χ3v) is 11.2. The number of aromatic nitrogens is 3. The van der Waals surface area contributed by atoms with Gasteiger partial charge in [-0.3, -0.25) is 0 Å². The van der Waals surface area contributed by atoms with E-state index in [1.807, 2.05) is 36.4 Å². The van der Waals surface area contributed by atoms with Gasteiger partial charge in [-0.2, -0.15) is 0 Å². The van der Waals surface area contributed by atoms with Gasteiger partial charge in [0.2, 0.25) is 0 Å². The highest BCUT2D eigenvalue weighted by Gasteiger charge is 2.22. The molecule has 5 nitrogen and oxygen atoms in total. The lowest BCUT2D eigenvalue weighted by Crippen LogP contribution is -1.96. The average Bonchev–Trinajstić information content (AvgIpc) is 3.96. The SMILES string of the molecule is c1ccc(-c2ccc(-c3cc(-c4cccc5c4oc4c5ccc5c6ccccc6n(-c6ccccc6)c54)nc(-c4ccc5oc6ccccc6c5c4)n3)cc2)cc1. The Bertz CT molecular complexity index is 3500. The molecular formula is C52H31N3O2. The number of hydrogen-bond acceptors (Lipinski definition) is 4. The second kappa shape index (κ2) is 12.4. The number of benzene rings is 8. The summed E-state index contributed by atoms with van der Waals surface area (Å²) in [5.41, 5.74) is 13.3. The topological polar surface area (TPSA) is 57.0 Å².